The van der Waals surface area contributed by atoms with E-state index in [9.17, 15) is 34.8 Å². The summed E-state index contributed by atoms with van der Waals surface area (Å²) in [4.78, 5) is 45.9. The number of aliphatic hydroxyl groups excluding tert-OH is 2. The number of anilines is 1. The van der Waals surface area contributed by atoms with Crippen LogP contribution < -0.4 is 10.6 Å². The molecule has 45 heavy (non-hydrogen) atoms. The van der Waals surface area contributed by atoms with Crippen LogP contribution in [0, 0.1) is 11.8 Å². The lowest BCUT2D eigenvalue weighted by molar-refractivity contribution is -0.148. The molecule has 0 aromatic heterocycles. The first-order valence-electron chi connectivity index (χ1n) is 16.1. The number of Topliss-reactive ketones (excluding diaryl/α,β-unsaturated/α-hetero) is 2. The molecule has 6 N–H and O–H groups in total. The minimum absolute atomic E-state index is 0.0547. The van der Waals surface area contributed by atoms with Crippen LogP contribution in [0.3, 0.4) is 0 Å². The predicted octanol–water partition coefficient (Wildman–Crippen LogP) is 3.37. The van der Waals surface area contributed by atoms with Gasteiger partial charge in [-0.05, 0) is 70.4 Å². The van der Waals surface area contributed by atoms with Gasteiger partial charge in [0.2, 0.25) is 5.78 Å². The number of carbonyl (C=O) groups excluding carboxylic acids is 3. The van der Waals surface area contributed by atoms with Crippen LogP contribution in [0.5, 0.6) is 5.75 Å². The summed E-state index contributed by atoms with van der Waals surface area (Å²) in [5, 5.41) is 46.2. The summed E-state index contributed by atoms with van der Waals surface area (Å²) in [7, 11) is 6.98. The fourth-order valence-corrected chi connectivity index (χ4v) is 7.55. The average Bonchev–Trinajstić information content (AvgIpc) is 2.95. The zero-order valence-electron chi connectivity index (χ0n) is 27.5. The first-order chi connectivity index (χ1) is 21.2. The van der Waals surface area contributed by atoms with Gasteiger partial charge in [0.05, 0.1) is 11.6 Å². The van der Waals surface area contributed by atoms with Crippen LogP contribution in [0.25, 0.3) is 0 Å². The van der Waals surface area contributed by atoms with Crippen molar-refractivity contribution in [2.75, 3.05) is 46.2 Å². The van der Waals surface area contributed by atoms with Gasteiger partial charge in [0.15, 0.2) is 11.4 Å². The van der Waals surface area contributed by atoms with E-state index in [4.69, 9.17) is 5.73 Å². The number of nitrogens with zero attached hydrogens (tertiary/aromatic N) is 3. The number of carbonyl (C=O) groups is 3. The molecule has 11 nitrogen and oxygen atoms in total. The van der Waals surface area contributed by atoms with Crippen LogP contribution in [0.1, 0.15) is 80.3 Å². The van der Waals surface area contributed by atoms with Crippen molar-refractivity contribution in [1.29, 1.82) is 0 Å². The van der Waals surface area contributed by atoms with Crippen molar-refractivity contribution < 1.29 is 34.8 Å². The Morgan fingerprint density at radius 1 is 1.00 bits per heavy atom. The highest BCUT2D eigenvalue weighted by Crippen LogP contribution is 2.53. The number of fused-ring (bicyclic) bond motifs is 3. The predicted molar refractivity (Wildman–Crippen MR) is 172 cm³/mol. The van der Waals surface area contributed by atoms with Crippen LogP contribution in [0.4, 0.5) is 5.69 Å². The Kier molecular flexibility index (Phi) is 10.4. The van der Waals surface area contributed by atoms with Crippen molar-refractivity contribution >= 4 is 23.2 Å². The standard InChI is InChI=1S/C34H50N4O7/c1-7-9-11-13-38(14-12-10-8-2)18-20-17-23(36(3)4)21-15-19-16-22-27(37(5)6)30(41)26(33(35)44)32(43)34(22,45)31(42)24(19)29(40)25(21)28(20)39/h17,19,22,27,39,41-42,45H,7-16,18H2,1-6H3,(H2,35,44)/t19-,22-,27-,34-/m1/s1. The lowest BCUT2D eigenvalue weighted by Crippen LogP contribution is -2.63. The third kappa shape index (κ3) is 5.97. The summed E-state index contributed by atoms with van der Waals surface area (Å²) in [5.74, 6) is -6.40. The fraction of sp³-hybridized carbons (Fsp3) is 0.618. The number of benzene rings is 1. The topological polar surface area (TPSA) is 168 Å². The molecule has 0 aliphatic heterocycles. The summed E-state index contributed by atoms with van der Waals surface area (Å²) in [6.45, 7) is 6.47. The van der Waals surface area contributed by atoms with Gasteiger partial charge < -0.3 is 31.1 Å². The van der Waals surface area contributed by atoms with Crippen molar-refractivity contribution in [2.45, 2.75) is 83.4 Å². The maximum absolute atomic E-state index is 14.3. The summed E-state index contributed by atoms with van der Waals surface area (Å²) >= 11 is 0. The molecule has 0 radical (unpaired) electrons. The molecule has 0 unspecified atom stereocenters. The van der Waals surface area contributed by atoms with Gasteiger partial charge in [-0.3, -0.25) is 24.2 Å². The van der Waals surface area contributed by atoms with Gasteiger partial charge in [0.25, 0.3) is 5.91 Å². The SMILES string of the molecule is CCCCCN(CCCCC)Cc1cc(N(C)C)c2c(c1O)C(=O)C1=C(O)[C@@]3(O)C(=O)C(C(N)=O)=C(O)[C@H](N(C)C)[C@H]3C[C@H]1C2. The molecule has 1 amide bonds. The molecule has 3 aliphatic rings. The molecule has 0 saturated carbocycles. The van der Waals surface area contributed by atoms with E-state index in [0.29, 0.717) is 17.7 Å². The van der Waals surface area contributed by atoms with Crippen LogP contribution in [-0.4, -0.2) is 101 Å². The van der Waals surface area contributed by atoms with E-state index in [1.807, 2.05) is 25.1 Å². The Labute approximate surface area is 266 Å². The molecule has 0 fully saturated rings. The molecule has 1 aromatic rings. The normalized spacial score (nSPS) is 24.7. The number of hydrogen-bond acceptors (Lipinski definition) is 10. The molecule has 248 valence electrons. The molecule has 0 saturated heterocycles. The van der Waals surface area contributed by atoms with Crippen molar-refractivity contribution in [3.8, 4) is 5.75 Å². The minimum Gasteiger partial charge on any atom is -0.510 e. The first-order valence-corrected chi connectivity index (χ1v) is 16.1. The largest absolute Gasteiger partial charge is 0.510 e. The fourth-order valence-electron chi connectivity index (χ4n) is 7.55. The Morgan fingerprint density at radius 3 is 2.11 bits per heavy atom. The number of allylic oxidation sites excluding steroid dienone is 1. The number of aliphatic hydroxyl groups is 3. The van der Waals surface area contributed by atoms with Crippen LogP contribution in [0.15, 0.2) is 28.7 Å². The molecule has 1 aromatic carbocycles. The van der Waals surface area contributed by atoms with Crippen LogP contribution >= 0.6 is 0 Å². The lowest BCUT2D eigenvalue weighted by atomic mass is 9.58. The highest BCUT2D eigenvalue weighted by molar-refractivity contribution is 6.25. The number of aromatic hydroxyl groups is 1. The summed E-state index contributed by atoms with van der Waals surface area (Å²) in [6.07, 6.45) is 6.73. The molecule has 4 atom stereocenters. The van der Waals surface area contributed by atoms with Gasteiger partial charge in [-0.1, -0.05) is 39.5 Å². The number of phenols is 1. The third-order valence-electron chi connectivity index (χ3n) is 9.81. The summed E-state index contributed by atoms with van der Waals surface area (Å²) in [5.41, 5.74) is 3.88. The highest BCUT2D eigenvalue weighted by Gasteiger charge is 2.63. The molecular weight excluding hydrogens is 576 g/mol. The number of primary amides is 1. The number of phenolic OH excluding ortho intramolecular Hbond substituents is 1. The van der Waals surface area contributed by atoms with E-state index in [1.165, 1.54) is 0 Å². The van der Waals surface area contributed by atoms with Gasteiger partial charge in [-0.25, -0.2) is 0 Å². The second kappa shape index (κ2) is 13.5. The van der Waals surface area contributed by atoms with E-state index in [1.54, 1.807) is 19.0 Å². The number of rotatable bonds is 13. The van der Waals surface area contributed by atoms with Gasteiger partial charge in [0, 0.05) is 43.4 Å². The quantitative estimate of drug-likeness (QED) is 0.162. The molecule has 11 heteroatoms. The van der Waals surface area contributed by atoms with E-state index >= 15 is 0 Å². The van der Waals surface area contributed by atoms with Crippen LogP contribution in [-0.2, 0) is 22.6 Å². The van der Waals surface area contributed by atoms with Gasteiger partial charge in [-0.15, -0.1) is 0 Å². The van der Waals surface area contributed by atoms with E-state index in [-0.39, 0.29) is 29.7 Å². The second-order valence-corrected chi connectivity index (χ2v) is 13.3. The van der Waals surface area contributed by atoms with Gasteiger partial charge >= 0.3 is 0 Å². The summed E-state index contributed by atoms with van der Waals surface area (Å²) in [6, 6.07) is 0.911. The Balaban J connectivity index is 1.84. The van der Waals surface area contributed by atoms with E-state index in [2.05, 4.69) is 18.7 Å². The van der Waals surface area contributed by atoms with E-state index < -0.39 is 58.0 Å². The maximum Gasteiger partial charge on any atom is 0.255 e. The smallest absolute Gasteiger partial charge is 0.255 e. The Bertz CT molecular complexity index is 1410. The number of ketones is 2. The van der Waals surface area contributed by atoms with Crippen molar-refractivity contribution in [1.82, 2.24) is 9.80 Å². The third-order valence-corrected chi connectivity index (χ3v) is 9.81. The molecule has 0 bridgehead atoms. The van der Waals surface area contributed by atoms with Crippen LogP contribution in [0.2, 0.25) is 0 Å². The number of likely N-dealkylation sites (N-methyl/N-ethyl adjacent to an activating group) is 1. The van der Waals surface area contributed by atoms with Gasteiger partial charge in [0.1, 0.15) is 22.8 Å². The van der Waals surface area contributed by atoms with Crippen molar-refractivity contribution in [3.63, 3.8) is 0 Å². The Morgan fingerprint density at radius 2 is 1.60 bits per heavy atom. The van der Waals surface area contributed by atoms with Crippen molar-refractivity contribution in [3.05, 3.63) is 45.4 Å². The first kappa shape index (κ1) is 34.5. The number of hydrogen-bond donors (Lipinski definition) is 5. The molecular formula is C34H50N4O7. The van der Waals surface area contributed by atoms with Gasteiger partial charge in [-0.2, -0.15) is 0 Å². The average molecular weight is 627 g/mol. The number of amides is 1. The molecule has 0 heterocycles. The zero-order chi connectivity index (χ0) is 33.4. The molecule has 0 spiro atoms. The highest BCUT2D eigenvalue weighted by atomic mass is 16.3. The number of unbranched alkanes of at least 4 members (excludes halogenated alkanes) is 4. The molecule has 3 aliphatic carbocycles. The molecule has 4 rings (SSSR count). The zero-order valence-corrected chi connectivity index (χ0v) is 27.5. The monoisotopic (exact) mass is 626 g/mol. The lowest BCUT2D eigenvalue weighted by Gasteiger charge is -2.50. The summed E-state index contributed by atoms with van der Waals surface area (Å²) < 4.78 is 0. The number of nitrogens with two attached hydrogens (primary N) is 1. The minimum atomic E-state index is -2.66. The second-order valence-electron chi connectivity index (χ2n) is 13.3. The van der Waals surface area contributed by atoms with E-state index in [0.717, 1.165) is 57.3 Å². The maximum atomic E-state index is 14.3. The van der Waals surface area contributed by atoms with Crippen molar-refractivity contribution in [2.24, 2.45) is 17.6 Å². The Hall–Kier alpha value is -3.41.